The van der Waals surface area contributed by atoms with Gasteiger partial charge in [0, 0.05) is 23.5 Å². The molecule has 4 heteroatoms. The Bertz CT molecular complexity index is 687. The highest BCUT2D eigenvalue weighted by Gasteiger charge is 2.41. The summed E-state index contributed by atoms with van der Waals surface area (Å²) in [5.74, 6) is 0.447. The van der Waals surface area contributed by atoms with Gasteiger partial charge in [-0.05, 0) is 56.7 Å². The lowest BCUT2D eigenvalue weighted by Gasteiger charge is -2.28. The van der Waals surface area contributed by atoms with Crippen LogP contribution in [0.3, 0.4) is 0 Å². The van der Waals surface area contributed by atoms with E-state index in [0.717, 1.165) is 18.4 Å². The van der Waals surface area contributed by atoms with Crippen molar-refractivity contribution in [1.82, 2.24) is 10.3 Å². The van der Waals surface area contributed by atoms with Gasteiger partial charge in [-0.2, -0.15) is 0 Å². The van der Waals surface area contributed by atoms with E-state index in [4.69, 9.17) is 0 Å². The first kappa shape index (κ1) is 15.1. The van der Waals surface area contributed by atoms with Crippen LogP contribution in [-0.2, 0) is 11.2 Å². The molecule has 1 aliphatic rings. The molecule has 0 bridgehead atoms. The van der Waals surface area contributed by atoms with Crippen molar-refractivity contribution in [3.05, 3.63) is 35.5 Å². The first-order chi connectivity index (χ1) is 10.5. The van der Waals surface area contributed by atoms with Gasteiger partial charge in [0.1, 0.15) is 0 Å². The lowest BCUT2D eigenvalue weighted by atomic mass is 9.96. The van der Waals surface area contributed by atoms with E-state index in [2.05, 4.69) is 35.4 Å². The van der Waals surface area contributed by atoms with Gasteiger partial charge >= 0.3 is 0 Å². The fourth-order valence-corrected chi connectivity index (χ4v) is 3.12. The Morgan fingerprint density at radius 3 is 2.91 bits per heavy atom. The summed E-state index contributed by atoms with van der Waals surface area (Å²) in [6.07, 6.45) is 5.34. The molecule has 2 aromatic rings. The van der Waals surface area contributed by atoms with Gasteiger partial charge in [0.25, 0.3) is 0 Å². The summed E-state index contributed by atoms with van der Waals surface area (Å²) in [5.41, 5.74) is 3.05. The van der Waals surface area contributed by atoms with Crippen LogP contribution in [0.1, 0.15) is 37.3 Å². The molecule has 1 aromatic carbocycles. The fraction of sp³-hybridized carbons (Fsp3) is 0.500. The van der Waals surface area contributed by atoms with Crippen molar-refractivity contribution in [1.29, 1.82) is 0 Å². The number of H-pyrrole nitrogens is 1. The van der Waals surface area contributed by atoms with Crippen molar-refractivity contribution < 1.29 is 9.90 Å². The predicted octanol–water partition coefficient (Wildman–Crippen LogP) is 2.69. The van der Waals surface area contributed by atoms with Gasteiger partial charge in [-0.3, -0.25) is 4.79 Å². The molecule has 0 spiro atoms. The molecule has 1 fully saturated rings. The van der Waals surface area contributed by atoms with Crippen LogP contribution >= 0.6 is 0 Å². The van der Waals surface area contributed by atoms with Gasteiger partial charge in [0.15, 0.2) is 0 Å². The zero-order valence-corrected chi connectivity index (χ0v) is 13.3. The maximum atomic E-state index is 12.2. The summed E-state index contributed by atoms with van der Waals surface area (Å²) in [5, 5.41) is 13.8. The number of amides is 1. The van der Waals surface area contributed by atoms with E-state index in [1.165, 1.54) is 16.5 Å². The van der Waals surface area contributed by atoms with Crippen LogP contribution in [0, 0.1) is 12.8 Å². The van der Waals surface area contributed by atoms with E-state index >= 15 is 0 Å². The Balaban J connectivity index is 1.63. The second-order valence-corrected chi connectivity index (χ2v) is 6.76. The number of nitrogens with one attached hydrogen (secondary N) is 2. The molecule has 3 rings (SSSR count). The summed E-state index contributed by atoms with van der Waals surface area (Å²) in [4.78, 5) is 15.5. The number of aliphatic hydroxyl groups is 1. The quantitative estimate of drug-likeness (QED) is 0.768. The lowest BCUT2D eigenvalue weighted by molar-refractivity contribution is -0.123. The lowest BCUT2D eigenvalue weighted by Crippen LogP contribution is -2.50. The van der Waals surface area contributed by atoms with Gasteiger partial charge in [-0.1, -0.05) is 11.6 Å². The Hall–Kier alpha value is -1.81. The number of fused-ring (bicyclic) bond motifs is 1. The number of hydrogen-bond acceptors (Lipinski definition) is 2. The molecule has 1 unspecified atom stereocenters. The van der Waals surface area contributed by atoms with Crippen LogP contribution in [0.15, 0.2) is 24.4 Å². The highest BCUT2D eigenvalue weighted by Crippen LogP contribution is 2.39. The van der Waals surface area contributed by atoms with Crippen molar-refractivity contribution in [2.45, 2.75) is 45.1 Å². The largest absolute Gasteiger partial charge is 0.394 e. The van der Waals surface area contributed by atoms with Crippen molar-refractivity contribution >= 4 is 16.8 Å². The topological polar surface area (TPSA) is 65.1 Å². The van der Waals surface area contributed by atoms with Crippen molar-refractivity contribution in [3.8, 4) is 0 Å². The maximum absolute atomic E-state index is 12.2. The van der Waals surface area contributed by atoms with E-state index in [1.807, 2.05) is 13.1 Å². The van der Waals surface area contributed by atoms with Crippen LogP contribution in [0.2, 0.25) is 0 Å². The molecular formula is C18H24N2O2. The highest BCUT2D eigenvalue weighted by molar-refractivity contribution is 5.85. The number of carbonyl (C=O) groups excluding carboxylic acids is 1. The first-order valence-corrected chi connectivity index (χ1v) is 8.00. The SMILES string of the molecule is Cc1ccc2[nH]cc(CCC(=O)NC(C)(CO)C3CC3)c2c1. The number of aryl methyl sites for hydroxylation is 2. The third-order valence-corrected chi connectivity index (χ3v) is 4.78. The molecule has 1 saturated carbocycles. The van der Waals surface area contributed by atoms with Crippen LogP contribution in [0.25, 0.3) is 10.9 Å². The van der Waals surface area contributed by atoms with Crippen molar-refractivity contribution in [3.63, 3.8) is 0 Å². The molecule has 1 aromatic heterocycles. The Morgan fingerprint density at radius 1 is 1.45 bits per heavy atom. The van der Waals surface area contributed by atoms with Gasteiger partial charge in [-0.15, -0.1) is 0 Å². The molecule has 1 amide bonds. The Kier molecular flexibility index (Phi) is 3.96. The minimum atomic E-state index is -0.451. The summed E-state index contributed by atoms with van der Waals surface area (Å²) in [6, 6.07) is 6.31. The number of aliphatic hydroxyl groups excluding tert-OH is 1. The molecule has 4 nitrogen and oxygen atoms in total. The number of aromatic amines is 1. The molecular weight excluding hydrogens is 276 g/mol. The third-order valence-electron chi connectivity index (χ3n) is 4.78. The van der Waals surface area contributed by atoms with Crippen LogP contribution < -0.4 is 5.32 Å². The van der Waals surface area contributed by atoms with E-state index in [-0.39, 0.29) is 12.5 Å². The third kappa shape index (κ3) is 3.02. The minimum absolute atomic E-state index is 0.00961. The zero-order chi connectivity index (χ0) is 15.7. The number of aromatic nitrogens is 1. The highest BCUT2D eigenvalue weighted by atomic mass is 16.3. The molecule has 1 heterocycles. The Morgan fingerprint density at radius 2 is 2.23 bits per heavy atom. The smallest absolute Gasteiger partial charge is 0.220 e. The molecule has 0 aliphatic heterocycles. The Labute approximate surface area is 130 Å². The monoisotopic (exact) mass is 300 g/mol. The summed E-state index contributed by atoms with van der Waals surface area (Å²) < 4.78 is 0. The number of benzene rings is 1. The number of carbonyl (C=O) groups is 1. The van der Waals surface area contributed by atoms with Gasteiger partial charge in [0.05, 0.1) is 12.1 Å². The van der Waals surface area contributed by atoms with Crippen molar-refractivity contribution in [2.75, 3.05) is 6.61 Å². The summed E-state index contributed by atoms with van der Waals surface area (Å²) >= 11 is 0. The van der Waals surface area contributed by atoms with E-state index in [1.54, 1.807) is 0 Å². The van der Waals surface area contributed by atoms with Gasteiger partial charge in [0.2, 0.25) is 5.91 Å². The average Bonchev–Trinajstić information content (AvgIpc) is 3.28. The normalized spacial score (nSPS) is 17.4. The van der Waals surface area contributed by atoms with Crippen LogP contribution in [-0.4, -0.2) is 28.1 Å². The summed E-state index contributed by atoms with van der Waals surface area (Å²) in [6.45, 7) is 4.03. The fourth-order valence-electron chi connectivity index (χ4n) is 3.12. The molecule has 22 heavy (non-hydrogen) atoms. The first-order valence-electron chi connectivity index (χ1n) is 8.00. The number of hydrogen-bond donors (Lipinski definition) is 3. The van der Waals surface area contributed by atoms with Crippen molar-refractivity contribution in [2.24, 2.45) is 5.92 Å². The van der Waals surface area contributed by atoms with E-state index < -0.39 is 5.54 Å². The molecule has 0 radical (unpaired) electrons. The standard InChI is InChI=1S/C18H24N2O2/c1-12-3-7-16-15(9-12)13(10-19-16)4-8-17(22)20-18(2,11-21)14-5-6-14/h3,7,9-10,14,19,21H,4-6,8,11H2,1-2H3,(H,20,22). The summed E-state index contributed by atoms with van der Waals surface area (Å²) in [7, 11) is 0. The second-order valence-electron chi connectivity index (χ2n) is 6.76. The molecule has 1 atom stereocenters. The number of rotatable bonds is 6. The molecule has 3 N–H and O–H groups in total. The van der Waals surface area contributed by atoms with Gasteiger partial charge < -0.3 is 15.4 Å². The predicted molar refractivity (Wildman–Crippen MR) is 87.7 cm³/mol. The second kappa shape index (κ2) is 5.76. The zero-order valence-electron chi connectivity index (χ0n) is 13.3. The van der Waals surface area contributed by atoms with Crippen LogP contribution in [0.5, 0.6) is 0 Å². The van der Waals surface area contributed by atoms with E-state index in [9.17, 15) is 9.90 Å². The van der Waals surface area contributed by atoms with E-state index in [0.29, 0.717) is 18.8 Å². The maximum Gasteiger partial charge on any atom is 0.220 e. The van der Waals surface area contributed by atoms with Gasteiger partial charge in [-0.25, -0.2) is 0 Å². The molecule has 1 aliphatic carbocycles. The van der Waals surface area contributed by atoms with Crippen LogP contribution in [0.4, 0.5) is 0 Å². The minimum Gasteiger partial charge on any atom is -0.394 e. The molecule has 118 valence electrons. The average molecular weight is 300 g/mol. The molecule has 0 saturated heterocycles.